The minimum atomic E-state index is -0.659. The number of rotatable bonds is 6. The van der Waals surface area contributed by atoms with Gasteiger partial charge >= 0.3 is 0 Å². The van der Waals surface area contributed by atoms with E-state index in [0.717, 1.165) is 17.0 Å². The van der Waals surface area contributed by atoms with Gasteiger partial charge in [0.2, 0.25) is 17.3 Å². The molecule has 34 heavy (non-hydrogen) atoms. The van der Waals surface area contributed by atoms with Crippen LogP contribution >= 0.6 is 23.4 Å². The van der Waals surface area contributed by atoms with Crippen molar-refractivity contribution in [2.24, 2.45) is 0 Å². The molecule has 1 aliphatic heterocycles. The summed E-state index contributed by atoms with van der Waals surface area (Å²) < 4.78 is 17.5. The maximum Gasteiger partial charge on any atom is 0.247 e. The Labute approximate surface area is 206 Å². The molecule has 0 fully saturated rings. The van der Waals surface area contributed by atoms with E-state index in [1.807, 2.05) is 42.5 Å². The van der Waals surface area contributed by atoms with Crippen molar-refractivity contribution >= 4 is 29.1 Å². The molecule has 3 aromatic carbocycles. The van der Waals surface area contributed by atoms with Crippen LogP contribution in [0.25, 0.3) is 11.3 Å². The first kappa shape index (κ1) is 22.3. The lowest BCUT2D eigenvalue weighted by molar-refractivity contribution is 0.218. The summed E-state index contributed by atoms with van der Waals surface area (Å²) in [7, 11) is 3.15. The number of halogens is 1. The number of fused-ring (bicyclic) bond motifs is 3. The van der Waals surface area contributed by atoms with Crippen molar-refractivity contribution in [2.45, 2.75) is 17.1 Å². The third-order valence-electron chi connectivity index (χ3n) is 5.30. The highest BCUT2D eigenvalue weighted by molar-refractivity contribution is 7.98. The Balaban J connectivity index is 1.55. The zero-order valence-electron chi connectivity index (χ0n) is 18.5. The lowest BCUT2D eigenvalue weighted by Crippen LogP contribution is -2.18. The number of hydrogen-bond acceptors (Lipinski definition) is 8. The lowest BCUT2D eigenvalue weighted by atomic mass is 10.1. The SMILES string of the molecule is COc1cc(Cl)cc(C2Nc3ccccc3-c3nnc(SCc4ccccc4)nc3O2)c1OC. The Morgan fingerprint density at radius 3 is 2.59 bits per heavy atom. The molecule has 1 atom stereocenters. The summed E-state index contributed by atoms with van der Waals surface area (Å²) in [5.41, 5.74) is 4.07. The zero-order valence-corrected chi connectivity index (χ0v) is 20.1. The predicted molar refractivity (Wildman–Crippen MR) is 133 cm³/mol. The summed E-state index contributed by atoms with van der Waals surface area (Å²) in [6.07, 6.45) is -0.659. The third kappa shape index (κ3) is 4.47. The number of nitrogens with zero attached hydrogens (tertiary/aromatic N) is 3. The van der Waals surface area contributed by atoms with Gasteiger partial charge in [-0.05, 0) is 17.7 Å². The summed E-state index contributed by atoms with van der Waals surface area (Å²) in [5, 5.41) is 13.3. The fourth-order valence-corrected chi connectivity index (χ4v) is 4.68. The van der Waals surface area contributed by atoms with Crippen LogP contribution in [-0.2, 0) is 5.75 Å². The minimum absolute atomic E-state index is 0.369. The van der Waals surface area contributed by atoms with Gasteiger partial charge in [-0.2, -0.15) is 4.98 Å². The molecule has 0 radical (unpaired) electrons. The quantitative estimate of drug-likeness (QED) is 0.328. The van der Waals surface area contributed by atoms with Gasteiger partial charge in [0.1, 0.15) is 0 Å². The largest absolute Gasteiger partial charge is 0.493 e. The van der Waals surface area contributed by atoms with Crippen molar-refractivity contribution in [3.63, 3.8) is 0 Å². The van der Waals surface area contributed by atoms with E-state index < -0.39 is 6.23 Å². The van der Waals surface area contributed by atoms with E-state index in [1.54, 1.807) is 26.4 Å². The maximum atomic E-state index is 6.38. The molecule has 1 unspecified atom stereocenters. The molecule has 4 aromatic rings. The molecule has 9 heteroatoms. The summed E-state index contributed by atoms with van der Waals surface area (Å²) in [4.78, 5) is 4.71. The molecule has 2 heterocycles. The van der Waals surface area contributed by atoms with Crippen LogP contribution < -0.4 is 19.5 Å². The summed E-state index contributed by atoms with van der Waals surface area (Å²) in [5.74, 6) is 2.12. The first-order valence-corrected chi connectivity index (χ1v) is 11.9. The van der Waals surface area contributed by atoms with Crippen molar-refractivity contribution in [3.8, 4) is 28.6 Å². The van der Waals surface area contributed by atoms with Crippen LogP contribution in [0.5, 0.6) is 17.4 Å². The molecular weight excluding hydrogens is 472 g/mol. The number of anilines is 1. The summed E-state index contributed by atoms with van der Waals surface area (Å²) in [6.45, 7) is 0. The Morgan fingerprint density at radius 2 is 1.79 bits per heavy atom. The van der Waals surface area contributed by atoms with Gasteiger partial charge in [-0.25, -0.2) is 0 Å². The topological polar surface area (TPSA) is 78.4 Å². The Morgan fingerprint density at radius 1 is 1.00 bits per heavy atom. The van der Waals surface area contributed by atoms with E-state index in [4.69, 9.17) is 30.8 Å². The zero-order chi connectivity index (χ0) is 23.5. The van der Waals surface area contributed by atoms with Crippen LogP contribution in [0.15, 0.2) is 71.9 Å². The lowest BCUT2D eigenvalue weighted by Gasteiger charge is -2.22. The molecule has 0 bridgehead atoms. The number of ether oxygens (including phenoxy) is 3. The number of nitrogens with one attached hydrogen (secondary N) is 1. The van der Waals surface area contributed by atoms with E-state index in [-0.39, 0.29) is 0 Å². The van der Waals surface area contributed by atoms with Crippen LogP contribution in [0.1, 0.15) is 17.4 Å². The fourth-order valence-electron chi connectivity index (χ4n) is 3.72. The van der Waals surface area contributed by atoms with Crippen LogP contribution in [0.4, 0.5) is 5.69 Å². The average Bonchev–Trinajstić information content (AvgIpc) is 3.04. The van der Waals surface area contributed by atoms with E-state index in [1.165, 1.54) is 17.3 Å². The average molecular weight is 493 g/mol. The number of aromatic nitrogens is 3. The van der Waals surface area contributed by atoms with Crippen molar-refractivity contribution in [3.05, 3.63) is 82.9 Å². The fraction of sp³-hybridized carbons (Fsp3) is 0.160. The van der Waals surface area contributed by atoms with Gasteiger partial charge in [0.05, 0.1) is 19.8 Å². The molecule has 1 aliphatic rings. The normalized spacial score (nSPS) is 14.1. The highest BCUT2D eigenvalue weighted by atomic mass is 35.5. The van der Waals surface area contributed by atoms with Gasteiger partial charge in [0.15, 0.2) is 17.2 Å². The van der Waals surface area contributed by atoms with Crippen LogP contribution in [0.2, 0.25) is 5.02 Å². The number of hydrogen-bond donors (Lipinski definition) is 1. The molecule has 7 nitrogen and oxygen atoms in total. The maximum absolute atomic E-state index is 6.38. The monoisotopic (exact) mass is 492 g/mol. The van der Waals surface area contributed by atoms with E-state index >= 15 is 0 Å². The van der Waals surface area contributed by atoms with Crippen molar-refractivity contribution < 1.29 is 14.2 Å². The molecule has 0 amide bonds. The van der Waals surface area contributed by atoms with Gasteiger partial charge < -0.3 is 19.5 Å². The first-order valence-electron chi connectivity index (χ1n) is 10.5. The predicted octanol–water partition coefficient (Wildman–Crippen LogP) is 6.00. The van der Waals surface area contributed by atoms with E-state index in [2.05, 4.69) is 27.6 Å². The molecular formula is C25H21ClN4O3S. The van der Waals surface area contributed by atoms with Gasteiger partial charge in [-0.15, -0.1) is 10.2 Å². The second-order valence-corrected chi connectivity index (χ2v) is 8.82. The van der Waals surface area contributed by atoms with Crippen LogP contribution in [0, 0.1) is 0 Å². The highest BCUT2D eigenvalue weighted by Crippen LogP contribution is 2.44. The van der Waals surface area contributed by atoms with Gasteiger partial charge in [0.25, 0.3) is 0 Å². The highest BCUT2D eigenvalue weighted by Gasteiger charge is 2.29. The Kier molecular flexibility index (Phi) is 6.42. The van der Waals surface area contributed by atoms with Crippen LogP contribution in [-0.4, -0.2) is 29.4 Å². The van der Waals surface area contributed by atoms with Gasteiger partial charge in [-0.1, -0.05) is 71.9 Å². The standard InChI is InChI=1S/C25H21ClN4O3S/c1-31-20-13-16(26)12-18(22(20)32-2)23-27-19-11-7-6-10-17(19)21-24(33-23)28-25(30-29-21)34-14-15-8-4-3-5-9-15/h3-13,23,27H,14H2,1-2H3. The van der Waals surface area contributed by atoms with Crippen molar-refractivity contribution in [2.75, 3.05) is 19.5 Å². The van der Waals surface area contributed by atoms with Crippen LogP contribution in [0.3, 0.4) is 0 Å². The minimum Gasteiger partial charge on any atom is -0.493 e. The first-order chi connectivity index (χ1) is 16.7. The van der Waals surface area contributed by atoms with Crippen molar-refractivity contribution in [1.82, 2.24) is 15.2 Å². The Bertz CT molecular complexity index is 1320. The molecule has 1 aromatic heterocycles. The number of benzene rings is 3. The van der Waals surface area contributed by atoms with Crippen molar-refractivity contribution in [1.29, 1.82) is 0 Å². The molecule has 5 rings (SSSR count). The summed E-state index contributed by atoms with van der Waals surface area (Å²) >= 11 is 7.88. The van der Waals surface area contributed by atoms with E-state index in [9.17, 15) is 0 Å². The third-order valence-corrected chi connectivity index (χ3v) is 6.43. The molecule has 1 N–H and O–H groups in total. The molecule has 0 saturated heterocycles. The molecule has 172 valence electrons. The summed E-state index contributed by atoms with van der Waals surface area (Å²) in [6, 6.07) is 21.4. The van der Waals surface area contributed by atoms with E-state index in [0.29, 0.717) is 38.8 Å². The van der Waals surface area contributed by atoms with Gasteiger partial charge in [0, 0.05) is 28.1 Å². The number of thioether (sulfide) groups is 1. The molecule has 0 spiro atoms. The molecule has 0 saturated carbocycles. The number of methoxy groups -OCH3 is 2. The number of para-hydroxylation sites is 1. The second-order valence-electron chi connectivity index (χ2n) is 7.44. The molecule has 0 aliphatic carbocycles. The smallest absolute Gasteiger partial charge is 0.247 e. The van der Waals surface area contributed by atoms with Gasteiger partial charge in [-0.3, -0.25) is 0 Å². The second kappa shape index (κ2) is 9.79. The Hall–Kier alpha value is -3.49.